The Bertz CT molecular complexity index is 496. The number of carbonyl (C=O) groups is 1. The van der Waals surface area contributed by atoms with Gasteiger partial charge in [0.05, 0.1) is 0 Å². The number of nitrogens with one attached hydrogen (secondary N) is 2. The van der Waals surface area contributed by atoms with Crippen molar-refractivity contribution in [2.75, 3.05) is 12.8 Å². The van der Waals surface area contributed by atoms with E-state index in [9.17, 15) is 9.00 Å². The Morgan fingerprint density at radius 1 is 1.19 bits per heavy atom. The van der Waals surface area contributed by atoms with Crippen LogP contribution < -0.4 is 10.6 Å². The van der Waals surface area contributed by atoms with Crippen molar-refractivity contribution >= 4 is 16.8 Å². The summed E-state index contributed by atoms with van der Waals surface area (Å²) in [5.74, 6) is 0.500. The Morgan fingerprint density at radius 3 is 2.24 bits per heavy atom. The first-order chi connectivity index (χ1) is 9.72. The van der Waals surface area contributed by atoms with Gasteiger partial charge in [0.1, 0.15) is 0 Å². The van der Waals surface area contributed by atoms with Gasteiger partial charge < -0.3 is 10.6 Å². The number of hydrogen-bond donors (Lipinski definition) is 2. The third kappa shape index (κ3) is 5.87. The molecular formula is C16H26N2O2S. The molecule has 0 aliphatic rings. The van der Waals surface area contributed by atoms with Gasteiger partial charge in [0.25, 0.3) is 0 Å². The molecule has 1 rings (SSSR count). The van der Waals surface area contributed by atoms with Crippen LogP contribution in [-0.4, -0.2) is 23.0 Å². The van der Waals surface area contributed by atoms with Crippen molar-refractivity contribution in [2.45, 2.75) is 39.1 Å². The first-order valence-electron chi connectivity index (χ1n) is 7.16. The summed E-state index contributed by atoms with van der Waals surface area (Å²) in [7, 11) is -0.967. The van der Waals surface area contributed by atoms with E-state index in [0.717, 1.165) is 10.5 Å². The highest BCUT2D eigenvalue weighted by Gasteiger charge is 2.22. The maximum absolute atomic E-state index is 11.8. The number of benzene rings is 1. The molecule has 0 radical (unpaired) electrons. The number of amides is 2. The molecule has 0 unspecified atom stereocenters. The van der Waals surface area contributed by atoms with Crippen LogP contribution in [0.25, 0.3) is 0 Å². The molecule has 118 valence electrons. The van der Waals surface area contributed by atoms with Crippen LogP contribution in [0.5, 0.6) is 0 Å². The summed E-state index contributed by atoms with van der Waals surface area (Å²) >= 11 is 0. The van der Waals surface area contributed by atoms with Crippen LogP contribution in [0.1, 0.15) is 33.3 Å². The van der Waals surface area contributed by atoms with E-state index in [1.165, 1.54) is 0 Å². The average molecular weight is 310 g/mol. The minimum Gasteiger partial charge on any atom is -0.338 e. The molecular weight excluding hydrogens is 284 g/mol. The zero-order chi connectivity index (χ0) is 16.0. The molecule has 0 aliphatic carbocycles. The predicted octanol–water partition coefficient (Wildman–Crippen LogP) is 2.91. The summed E-state index contributed by atoms with van der Waals surface area (Å²) in [6, 6.07) is 7.26. The topological polar surface area (TPSA) is 58.2 Å². The number of urea groups is 1. The molecule has 1 aromatic carbocycles. The van der Waals surface area contributed by atoms with E-state index in [4.69, 9.17) is 0 Å². The predicted molar refractivity (Wildman–Crippen MR) is 87.6 cm³/mol. The lowest BCUT2D eigenvalue weighted by Crippen LogP contribution is -2.42. The molecule has 0 bridgehead atoms. The van der Waals surface area contributed by atoms with E-state index in [2.05, 4.69) is 38.3 Å². The second-order valence-corrected chi connectivity index (χ2v) is 7.66. The van der Waals surface area contributed by atoms with Gasteiger partial charge in [-0.05, 0) is 29.0 Å². The summed E-state index contributed by atoms with van der Waals surface area (Å²) in [5, 5.41) is 5.74. The zero-order valence-electron chi connectivity index (χ0n) is 13.5. The lowest BCUT2D eigenvalue weighted by Gasteiger charge is -2.29. The third-order valence-corrected chi connectivity index (χ3v) is 4.91. The van der Waals surface area contributed by atoms with Gasteiger partial charge >= 0.3 is 6.03 Å². The fourth-order valence-corrected chi connectivity index (χ4v) is 2.08. The van der Waals surface area contributed by atoms with Gasteiger partial charge in [-0.15, -0.1) is 0 Å². The molecule has 2 amide bonds. The zero-order valence-corrected chi connectivity index (χ0v) is 14.3. The van der Waals surface area contributed by atoms with Crippen LogP contribution in [0.15, 0.2) is 29.2 Å². The van der Waals surface area contributed by atoms with Gasteiger partial charge in [-0.3, -0.25) is 4.21 Å². The Morgan fingerprint density at radius 2 is 1.76 bits per heavy atom. The molecule has 0 aliphatic heterocycles. The van der Waals surface area contributed by atoms with Crippen LogP contribution in [-0.2, 0) is 17.3 Å². The van der Waals surface area contributed by atoms with Crippen molar-refractivity contribution in [3.05, 3.63) is 29.8 Å². The van der Waals surface area contributed by atoms with Crippen molar-refractivity contribution in [1.82, 2.24) is 10.6 Å². The molecule has 0 saturated heterocycles. The molecule has 1 aromatic rings. The standard InChI is InChI=1S/C16H26N2O2S/c1-12(2)16(3,4)11-18-15(19)17-10-13-6-8-14(9-7-13)21(5)20/h6-9,12H,10-11H2,1-5H3,(H2,17,18,19)/t21-/m0/s1. The molecule has 4 nitrogen and oxygen atoms in total. The fourth-order valence-electron chi connectivity index (χ4n) is 1.56. The molecule has 0 saturated carbocycles. The molecule has 0 aromatic heterocycles. The lowest BCUT2D eigenvalue weighted by molar-refractivity contribution is 0.215. The molecule has 2 N–H and O–H groups in total. The molecule has 21 heavy (non-hydrogen) atoms. The van der Waals surface area contributed by atoms with Crippen molar-refractivity contribution in [2.24, 2.45) is 11.3 Å². The molecule has 0 heterocycles. The summed E-state index contributed by atoms with van der Waals surface area (Å²) in [4.78, 5) is 12.6. The smallest absolute Gasteiger partial charge is 0.315 e. The van der Waals surface area contributed by atoms with Crippen LogP contribution in [0, 0.1) is 11.3 Å². The number of carbonyl (C=O) groups excluding carboxylic acids is 1. The van der Waals surface area contributed by atoms with Crippen molar-refractivity contribution in [3.63, 3.8) is 0 Å². The fraction of sp³-hybridized carbons (Fsp3) is 0.562. The van der Waals surface area contributed by atoms with E-state index >= 15 is 0 Å². The summed E-state index contributed by atoms with van der Waals surface area (Å²) in [6.07, 6.45) is 1.65. The van der Waals surface area contributed by atoms with Crippen molar-refractivity contribution in [3.8, 4) is 0 Å². The summed E-state index contributed by atoms with van der Waals surface area (Å²) in [6.45, 7) is 9.69. The third-order valence-electron chi connectivity index (χ3n) is 3.98. The van der Waals surface area contributed by atoms with E-state index in [-0.39, 0.29) is 11.4 Å². The van der Waals surface area contributed by atoms with Gasteiger partial charge in [-0.1, -0.05) is 39.8 Å². The Balaban J connectivity index is 2.41. The highest BCUT2D eigenvalue weighted by atomic mass is 32.2. The molecule has 0 fully saturated rings. The SMILES string of the molecule is CC(C)C(C)(C)CNC(=O)NCc1ccc([S@](C)=O)cc1. The summed E-state index contributed by atoms with van der Waals surface area (Å²) in [5.41, 5.74) is 1.06. The van der Waals surface area contributed by atoms with Gasteiger partial charge in [-0.25, -0.2) is 4.79 Å². The first kappa shape index (κ1) is 17.7. The quantitative estimate of drug-likeness (QED) is 0.849. The maximum atomic E-state index is 11.8. The second-order valence-electron chi connectivity index (χ2n) is 6.28. The largest absolute Gasteiger partial charge is 0.338 e. The minimum atomic E-state index is -0.967. The van der Waals surface area contributed by atoms with Crippen LogP contribution in [0.2, 0.25) is 0 Å². The van der Waals surface area contributed by atoms with E-state index in [0.29, 0.717) is 19.0 Å². The van der Waals surface area contributed by atoms with E-state index in [1.54, 1.807) is 6.26 Å². The second kappa shape index (κ2) is 7.59. The Hall–Kier alpha value is -1.36. The van der Waals surface area contributed by atoms with Gasteiger partial charge in [0.2, 0.25) is 0 Å². The molecule has 0 spiro atoms. The highest BCUT2D eigenvalue weighted by molar-refractivity contribution is 7.84. The van der Waals surface area contributed by atoms with Crippen LogP contribution in [0.4, 0.5) is 4.79 Å². The summed E-state index contributed by atoms with van der Waals surface area (Å²) < 4.78 is 11.3. The first-order valence-corrected chi connectivity index (χ1v) is 8.72. The van der Waals surface area contributed by atoms with E-state index < -0.39 is 10.8 Å². The van der Waals surface area contributed by atoms with E-state index in [1.807, 2.05) is 24.3 Å². The highest BCUT2D eigenvalue weighted by Crippen LogP contribution is 2.24. The van der Waals surface area contributed by atoms with Gasteiger partial charge in [0, 0.05) is 35.0 Å². The Kier molecular flexibility index (Phi) is 6.40. The average Bonchev–Trinajstić information content (AvgIpc) is 2.43. The molecule has 1 atom stereocenters. The lowest BCUT2D eigenvalue weighted by atomic mass is 9.81. The van der Waals surface area contributed by atoms with Crippen molar-refractivity contribution in [1.29, 1.82) is 0 Å². The monoisotopic (exact) mass is 310 g/mol. The van der Waals surface area contributed by atoms with Gasteiger partial charge in [0.15, 0.2) is 0 Å². The van der Waals surface area contributed by atoms with Crippen LogP contribution >= 0.6 is 0 Å². The Labute approximate surface area is 130 Å². The minimum absolute atomic E-state index is 0.0736. The maximum Gasteiger partial charge on any atom is 0.315 e. The van der Waals surface area contributed by atoms with Crippen molar-refractivity contribution < 1.29 is 9.00 Å². The number of hydrogen-bond acceptors (Lipinski definition) is 2. The van der Waals surface area contributed by atoms with Crippen LogP contribution in [0.3, 0.4) is 0 Å². The normalized spacial score (nSPS) is 13.0. The number of rotatable bonds is 6. The molecule has 5 heteroatoms. The van der Waals surface area contributed by atoms with Gasteiger partial charge in [-0.2, -0.15) is 0 Å².